The summed E-state index contributed by atoms with van der Waals surface area (Å²) in [6.07, 6.45) is 1.95. The second-order valence-corrected chi connectivity index (χ2v) is 8.32. The number of fused-ring (bicyclic) bond motifs is 2. The minimum atomic E-state index is -0.563. The second-order valence-electron chi connectivity index (χ2n) is 8.32. The van der Waals surface area contributed by atoms with Gasteiger partial charge in [-0.2, -0.15) is 0 Å². The lowest BCUT2D eigenvalue weighted by Gasteiger charge is -2.37. The summed E-state index contributed by atoms with van der Waals surface area (Å²) in [7, 11) is 1.63. The molecule has 7 heteroatoms. The molecule has 4 aromatic rings. The van der Waals surface area contributed by atoms with Gasteiger partial charge in [0.05, 0.1) is 19.2 Å². The molecule has 178 valence electrons. The molecule has 0 spiro atoms. The van der Waals surface area contributed by atoms with Crippen molar-refractivity contribution in [3.63, 3.8) is 0 Å². The number of benzene rings is 3. The van der Waals surface area contributed by atoms with Crippen molar-refractivity contribution in [2.45, 2.75) is 32.5 Å². The number of hydrogen-bond acceptors (Lipinski definition) is 7. The van der Waals surface area contributed by atoms with E-state index in [1.165, 1.54) is 6.33 Å². The number of hydrogen-bond donors (Lipinski definition) is 0. The van der Waals surface area contributed by atoms with Crippen LogP contribution in [-0.4, -0.2) is 35.7 Å². The maximum Gasteiger partial charge on any atom is 0.329 e. The van der Waals surface area contributed by atoms with Crippen LogP contribution in [0.2, 0.25) is 0 Å². The van der Waals surface area contributed by atoms with Gasteiger partial charge in [0.25, 0.3) is 0 Å². The molecule has 1 atom stereocenters. The molecule has 35 heavy (non-hydrogen) atoms. The van der Waals surface area contributed by atoms with Crippen LogP contribution >= 0.6 is 0 Å². The van der Waals surface area contributed by atoms with Crippen molar-refractivity contribution in [2.75, 3.05) is 18.6 Å². The van der Waals surface area contributed by atoms with E-state index in [1.807, 2.05) is 78.6 Å². The zero-order valence-corrected chi connectivity index (χ0v) is 19.8. The molecule has 0 bridgehead atoms. The Kier molecular flexibility index (Phi) is 6.48. The van der Waals surface area contributed by atoms with E-state index in [-0.39, 0.29) is 5.97 Å². The number of anilines is 1. The number of aromatic nitrogens is 2. The molecule has 1 unspecified atom stereocenters. The zero-order chi connectivity index (χ0) is 24.2. The van der Waals surface area contributed by atoms with Gasteiger partial charge in [0.2, 0.25) is 0 Å². The fourth-order valence-corrected chi connectivity index (χ4v) is 4.56. The van der Waals surface area contributed by atoms with Gasteiger partial charge in [-0.15, -0.1) is 0 Å². The van der Waals surface area contributed by atoms with Crippen LogP contribution in [0.4, 0.5) is 5.82 Å². The number of ether oxygens (including phenoxy) is 3. The molecular formula is C28H27N3O4. The maximum absolute atomic E-state index is 13.2. The highest BCUT2D eigenvalue weighted by molar-refractivity contribution is 5.92. The molecule has 2 heterocycles. The molecule has 5 rings (SSSR count). The molecule has 1 aliphatic heterocycles. The fourth-order valence-electron chi connectivity index (χ4n) is 4.56. The Morgan fingerprint density at radius 2 is 1.83 bits per heavy atom. The van der Waals surface area contributed by atoms with Crippen LogP contribution in [-0.2, 0) is 29.1 Å². The normalized spacial score (nSPS) is 14.9. The lowest BCUT2D eigenvalue weighted by atomic mass is 9.92. The quantitative estimate of drug-likeness (QED) is 0.363. The van der Waals surface area contributed by atoms with E-state index in [0.29, 0.717) is 43.5 Å². The number of carbonyl (C=O) groups excluding carboxylic acids is 1. The number of rotatable bonds is 7. The van der Waals surface area contributed by atoms with Gasteiger partial charge in [-0.3, -0.25) is 0 Å². The Balaban J connectivity index is 1.57. The Bertz CT molecular complexity index is 1340. The standard InChI is InChI=1S/C28H27N3O4/c1-3-34-28(32)24-15-22-20(16-31(24)27-21-11-7-8-12-23(21)29-18-30-27)13-14-25(33-2)26(22)35-17-19-9-5-4-6-10-19/h4-14,18,24H,3,15-17H2,1-2H3. The highest BCUT2D eigenvalue weighted by atomic mass is 16.5. The van der Waals surface area contributed by atoms with Crippen molar-refractivity contribution in [3.8, 4) is 11.5 Å². The summed E-state index contributed by atoms with van der Waals surface area (Å²) in [6, 6.07) is 21.2. The summed E-state index contributed by atoms with van der Waals surface area (Å²) in [5.41, 5.74) is 3.89. The number of para-hydroxylation sites is 1. The molecule has 3 aromatic carbocycles. The van der Waals surface area contributed by atoms with Crippen LogP contribution in [0.5, 0.6) is 11.5 Å². The van der Waals surface area contributed by atoms with E-state index in [9.17, 15) is 4.79 Å². The lowest BCUT2D eigenvalue weighted by Crippen LogP contribution is -2.47. The first-order valence-corrected chi connectivity index (χ1v) is 11.7. The molecule has 0 saturated heterocycles. The summed E-state index contributed by atoms with van der Waals surface area (Å²) < 4.78 is 17.4. The second kappa shape index (κ2) is 10.0. The van der Waals surface area contributed by atoms with Crippen LogP contribution < -0.4 is 14.4 Å². The SMILES string of the molecule is CCOC(=O)C1Cc2c(ccc(OC)c2OCc2ccccc2)CN1c1ncnc2ccccc12. The van der Waals surface area contributed by atoms with Crippen LogP contribution in [0.25, 0.3) is 10.9 Å². The summed E-state index contributed by atoms with van der Waals surface area (Å²) >= 11 is 0. The van der Waals surface area contributed by atoms with Gasteiger partial charge in [0.15, 0.2) is 11.5 Å². The van der Waals surface area contributed by atoms with Crippen LogP contribution in [0.15, 0.2) is 73.1 Å². The van der Waals surface area contributed by atoms with E-state index in [0.717, 1.165) is 27.6 Å². The van der Waals surface area contributed by atoms with Gasteiger partial charge < -0.3 is 19.1 Å². The Morgan fingerprint density at radius 1 is 1.03 bits per heavy atom. The van der Waals surface area contributed by atoms with Crippen molar-refractivity contribution >= 4 is 22.7 Å². The van der Waals surface area contributed by atoms with E-state index >= 15 is 0 Å². The summed E-state index contributed by atoms with van der Waals surface area (Å²) in [5, 5.41) is 0.891. The molecule has 0 radical (unpaired) electrons. The third-order valence-electron chi connectivity index (χ3n) is 6.23. The number of carbonyl (C=O) groups is 1. The van der Waals surface area contributed by atoms with E-state index in [4.69, 9.17) is 14.2 Å². The molecule has 0 saturated carbocycles. The zero-order valence-electron chi connectivity index (χ0n) is 19.8. The van der Waals surface area contributed by atoms with Crippen molar-refractivity contribution in [3.05, 3.63) is 89.7 Å². The smallest absolute Gasteiger partial charge is 0.329 e. The van der Waals surface area contributed by atoms with Crippen LogP contribution in [0.1, 0.15) is 23.6 Å². The van der Waals surface area contributed by atoms with Crippen molar-refractivity contribution in [1.29, 1.82) is 0 Å². The molecule has 7 nitrogen and oxygen atoms in total. The molecule has 0 N–H and O–H groups in total. The Morgan fingerprint density at radius 3 is 2.63 bits per heavy atom. The minimum absolute atomic E-state index is 0.294. The molecule has 1 aromatic heterocycles. The Hall–Kier alpha value is -4.13. The summed E-state index contributed by atoms with van der Waals surface area (Å²) in [6.45, 7) is 3.00. The van der Waals surface area contributed by atoms with Gasteiger partial charge in [-0.1, -0.05) is 48.5 Å². The van der Waals surface area contributed by atoms with E-state index in [1.54, 1.807) is 7.11 Å². The number of methoxy groups -OCH3 is 1. The molecule has 1 aliphatic rings. The van der Waals surface area contributed by atoms with E-state index in [2.05, 4.69) is 9.97 Å². The van der Waals surface area contributed by atoms with Gasteiger partial charge >= 0.3 is 5.97 Å². The monoisotopic (exact) mass is 469 g/mol. The fraction of sp³-hybridized carbons (Fsp3) is 0.250. The van der Waals surface area contributed by atoms with Crippen molar-refractivity contribution < 1.29 is 19.0 Å². The van der Waals surface area contributed by atoms with Crippen LogP contribution in [0, 0.1) is 0 Å². The average Bonchev–Trinajstić information content (AvgIpc) is 2.91. The van der Waals surface area contributed by atoms with Crippen molar-refractivity contribution in [2.24, 2.45) is 0 Å². The largest absolute Gasteiger partial charge is 0.493 e. The van der Waals surface area contributed by atoms with Gasteiger partial charge in [0, 0.05) is 23.9 Å². The first-order valence-electron chi connectivity index (χ1n) is 11.7. The topological polar surface area (TPSA) is 73.8 Å². The highest BCUT2D eigenvalue weighted by Crippen LogP contribution is 2.40. The molecule has 0 fully saturated rings. The van der Waals surface area contributed by atoms with Gasteiger partial charge in [-0.05, 0) is 36.2 Å². The first kappa shape index (κ1) is 22.7. The average molecular weight is 470 g/mol. The lowest BCUT2D eigenvalue weighted by molar-refractivity contribution is -0.144. The molecule has 0 aliphatic carbocycles. The Labute approximate surface area is 204 Å². The predicted octanol–water partition coefficient (Wildman–Crippen LogP) is 4.71. The summed E-state index contributed by atoms with van der Waals surface area (Å²) in [4.78, 5) is 24.2. The maximum atomic E-state index is 13.2. The van der Waals surface area contributed by atoms with Crippen LogP contribution in [0.3, 0.4) is 0 Å². The summed E-state index contributed by atoms with van der Waals surface area (Å²) in [5.74, 6) is 1.72. The number of esters is 1. The third-order valence-corrected chi connectivity index (χ3v) is 6.23. The van der Waals surface area contributed by atoms with Gasteiger partial charge in [0.1, 0.15) is 24.8 Å². The highest BCUT2D eigenvalue weighted by Gasteiger charge is 2.36. The number of nitrogens with zero attached hydrogens (tertiary/aromatic N) is 3. The van der Waals surface area contributed by atoms with Gasteiger partial charge in [-0.25, -0.2) is 14.8 Å². The van der Waals surface area contributed by atoms with E-state index < -0.39 is 6.04 Å². The minimum Gasteiger partial charge on any atom is -0.493 e. The molecular weight excluding hydrogens is 442 g/mol. The predicted molar refractivity (Wildman–Crippen MR) is 134 cm³/mol. The van der Waals surface area contributed by atoms with Crippen molar-refractivity contribution in [1.82, 2.24) is 9.97 Å². The third kappa shape index (κ3) is 4.49. The molecule has 0 amide bonds. The first-order chi connectivity index (χ1) is 17.2.